The van der Waals surface area contributed by atoms with Crippen molar-refractivity contribution in [2.24, 2.45) is 0 Å². The monoisotopic (exact) mass is 459 g/mol. The van der Waals surface area contributed by atoms with Crippen molar-refractivity contribution in [1.82, 2.24) is 14.5 Å². The Morgan fingerprint density at radius 2 is 1.67 bits per heavy atom. The number of aryl methyl sites for hydroxylation is 1. The van der Waals surface area contributed by atoms with Crippen LogP contribution in [0.1, 0.15) is 29.2 Å². The van der Waals surface area contributed by atoms with Crippen LogP contribution in [0.25, 0.3) is 10.9 Å². The molecular formula is C26H22ClN3O3. The third kappa shape index (κ3) is 4.10. The zero-order chi connectivity index (χ0) is 22.9. The lowest BCUT2D eigenvalue weighted by atomic mass is 10.1. The van der Waals surface area contributed by atoms with Gasteiger partial charge in [-0.25, -0.2) is 4.79 Å². The van der Waals surface area contributed by atoms with Crippen LogP contribution in [0.5, 0.6) is 0 Å². The maximum atomic E-state index is 13.4. The first-order valence-electron chi connectivity index (χ1n) is 10.9. The van der Waals surface area contributed by atoms with Crippen LogP contribution in [0.2, 0.25) is 5.02 Å². The molecule has 0 radical (unpaired) electrons. The van der Waals surface area contributed by atoms with Crippen molar-refractivity contribution in [2.45, 2.75) is 32.0 Å². The predicted octanol–water partition coefficient (Wildman–Crippen LogP) is 3.67. The Hall–Kier alpha value is -3.64. The number of aromatic nitrogens is 2. The Balaban J connectivity index is 1.49. The van der Waals surface area contributed by atoms with Crippen molar-refractivity contribution < 1.29 is 4.79 Å². The van der Waals surface area contributed by atoms with E-state index < -0.39 is 5.69 Å². The van der Waals surface area contributed by atoms with Gasteiger partial charge in [-0.3, -0.25) is 18.7 Å². The SMILES string of the molecule is O=C(Cn1c(=O)n(Cc2ccc(Cl)cc2)c(=O)c2ccccc21)NC1CCc2ccccc21. The van der Waals surface area contributed by atoms with E-state index in [0.717, 1.165) is 24.0 Å². The molecule has 1 heterocycles. The highest BCUT2D eigenvalue weighted by Gasteiger charge is 2.24. The van der Waals surface area contributed by atoms with Gasteiger partial charge in [0.25, 0.3) is 5.56 Å². The smallest absolute Gasteiger partial charge is 0.332 e. The van der Waals surface area contributed by atoms with Crippen LogP contribution in [0.3, 0.4) is 0 Å². The third-order valence-electron chi connectivity index (χ3n) is 6.16. The molecular weight excluding hydrogens is 438 g/mol. The fourth-order valence-electron chi connectivity index (χ4n) is 4.53. The van der Waals surface area contributed by atoms with Gasteiger partial charge in [0.2, 0.25) is 5.91 Å². The van der Waals surface area contributed by atoms with Gasteiger partial charge in [-0.05, 0) is 53.8 Å². The molecule has 33 heavy (non-hydrogen) atoms. The molecule has 1 N–H and O–H groups in total. The molecule has 1 aliphatic rings. The van der Waals surface area contributed by atoms with Crippen molar-refractivity contribution in [3.05, 3.63) is 115 Å². The second-order valence-electron chi connectivity index (χ2n) is 8.26. The van der Waals surface area contributed by atoms with E-state index in [-0.39, 0.29) is 30.6 Å². The molecule has 1 aromatic heterocycles. The fraction of sp³-hybridized carbons (Fsp3) is 0.192. The Morgan fingerprint density at radius 3 is 2.48 bits per heavy atom. The minimum atomic E-state index is -0.518. The molecule has 4 aromatic rings. The Labute approximate surface area is 195 Å². The predicted molar refractivity (Wildman–Crippen MR) is 129 cm³/mol. The van der Waals surface area contributed by atoms with Crippen molar-refractivity contribution in [2.75, 3.05) is 0 Å². The number of nitrogens with one attached hydrogen (secondary N) is 1. The normalized spacial score (nSPS) is 14.9. The van der Waals surface area contributed by atoms with Gasteiger partial charge in [0, 0.05) is 5.02 Å². The highest BCUT2D eigenvalue weighted by Crippen LogP contribution is 2.30. The molecule has 1 amide bonds. The summed E-state index contributed by atoms with van der Waals surface area (Å²) in [5, 5.41) is 4.03. The van der Waals surface area contributed by atoms with Gasteiger partial charge in [-0.1, -0.05) is 60.1 Å². The molecule has 0 spiro atoms. The maximum absolute atomic E-state index is 13.4. The first-order valence-corrected chi connectivity index (χ1v) is 11.2. The van der Waals surface area contributed by atoms with Crippen molar-refractivity contribution in [3.8, 4) is 0 Å². The number of fused-ring (bicyclic) bond motifs is 2. The fourth-order valence-corrected chi connectivity index (χ4v) is 4.65. The number of nitrogens with zero attached hydrogens (tertiary/aromatic N) is 2. The molecule has 0 fully saturated rings. The molecule has 1 atom stereocenters. The van der Waals surface area contributed by atoms with Gasteiger partial charge in [-0.15, -0.1) is 0 Å². The van der Waals surface area contributed by atoms with Gasteiger partial charge < -0.3 is 5.32 Å². The van der Waals surface area contributed by atoms with Crippen molar-refractivity contribution in [3.63, 3.8) is 0 Å². The highest BCUT2D eigenvalue weighted by atomic mass is 35.5. The molecule has 5 rings (SSSR count). The molecule has 7 heteroatoms. The summed E-state index contributed by atoms with van der Waals surface area (Å²) in [5.74, 6) is -0.263. The number of amides is 1. The standard InChI is InChI=1S/C26H22ClN3O3/c27-19-12-9-17(10-13-19)15-30-25(32)21-7-3-4-8-23(21)29(26(30)33)16-24(31)28-22-14-11-18-5-1-2-6-20(18)22/h1-10,12-13,22H,11,14-16H2,(H,28,31). The summed E-state index contributed by atoms with van der Waals surface area (Å²) in [5.41, 5.74) is 2.68. The zero-order valence-corrected chi connectivity index (χ0v) is 18.6. The summed E-state index contributed by atoms with van der Waals surface area (Å²) in [6.45, 7) is -0.0732. The molecule has 0 bridgehead atoms. The number of carbonyl (C=O) groups excluding carboxylic acids is 1. The van der Waals surface area contributed by atoms with E-state index in [4.69, 9.17) is 11.6 Å². The lowest BCUT2D eigenvalue weighted by molar-refractivity contribution is -0.122. The topological polar surface area (TPSA) is 73.1 Å². The van der Waals surface area contributed by atoms with E-state index in [0.29, 0.717) is 15.9 Å². The van der Waals surface area contributed by atoms with Crippen LogP contribution in [0.15, 0.2) is 82.4 Å². The Morgan fingerprint density at radius 1 is 0.939 bits per heavy atom. The number of rotatable bonds is 5. The zero-order valence-electron chi connectivity index (χ0n) is 17.8. The van der Waals surface area contributed by atoms with Gasteiger partial charge in [0.15, 0.2) is 0 Å². The number of carbonyl (C=O) groups is 1. The molecule has 0 saturated heterocycles. The molecule has 1 aliphatic carbocycles. The number of para-hydroxylation sites is 1. The average molecular weight is 460 g/mol. The summed E-state index contributed by atoms with van der Waals surface area (Å²) in [6, 6.07) is 21.9. The molecule has 3 aromatic carbocycles. The van der Waals surface area contributed by atoms with Crippen LogP contribution >= 0.6 is 11.6 Å². The number of hydrogen-bond donors (Lipinski definition) is 1. The quantitative estimate of drug-likeness (QED) is 0.495. The van der Waals surface area contributed by atoms with E-state index >= 15 is 0 Å². The first-order chi connectivity index (χ1) is 16.0. The second-order valence-corrected chi connectivity index (χ2v) is 8.70. The van der Waals surface area contributed by atoms with E-state index in [9.17, 15) is 14.4 Å². The molecule has 6 nitrogen and oxygen atoms in total. The van der Waals surface area contributed by atoms with Crippen LogP contribution in [-0.4, -0.2) is 15.0 Å². The minimum absolute atomic E-state index is 0.0735. The van der Waals surface area contributed by atoms with Gasteiger partial charge in [0.05, 0.1) is 23.5 Å². The summed E-state index contributed by atoms with van der Waals surface area (Å²) in [6.07, 6.45) is 1.74. The largest absolute Gasteiger partial charge is 0.348 e. The van der Waals surface area contributed by atoms with Crippen LogP contribution in [0, 0.1) is 0 Å². The second kappa shape index (κ2) is 8.71. The van der Waals surface area contributed by atoms with E-state index in [1.165, 1.54) is 14.7 Å². The maximum Gasteiger partial charge on any atom is 0.332 e. The summed E-state index contributed by atoms with van der Waals surface area (Å²) in [4.78, 5) is 39.5. The van der Waals surface area contributed by atoms with Gasteiger partial charge >= 0.3 is 5.69 Å². The van der Waals surface area contributed by atoms with E-state index in [2.05, 4.69) is 11.4 Å². The molecule has 1 unspecified atom stereocenters. The van der Waals surface area contributed by atoms with E-state index in [1.807, 2.05) is 18.2 Å². The van der Waals surface area contributed by atoms with E-state index in [1.54, 1.807) is 48.5 Å². The lowest BCUT2D eigenvalue weighted by Crippen LogP contribution is -2.43. The van der Waals surface area contributed by atoms with Crippen LogP contribution in [0.4, 0.5) is 0 Å². The Kier molecular flexibility index (Phi) is 5.60. The molecule has 166 valence electrons. The Bertz CT molecular complexity index is 1470. The van der Waals surface area contributed by atoms with Gasteiger partial charge in [-0.2, -0.15) is 0 Å². The number of halogens is 1. The molecule has 0 aliphatic heterocycles. The van der Waals surface area contributed by atoms with Crippen LogP contribution < -0.4 is 16.6 Å². The number of hydrogen-bond acceptors (Lipinski definition) is 3. The van der Waals surface area contributed by atoms with Crippen LogP contribution in [-0.2, 0) is 24.3 Å². The summed E-state index contributed by atoms with van der Waals surface area (Å²) < 4.78 is 2.55. The van der Waals surface area contributed by atoms with Gasteiger partial charge in [0.1, 0.15) is 6.54 Å². The molecule has 0 saturated carbocycles. The minimum Gasteiger partial charge on any atom is -0.348 e. The summed E-state index contributed by atoms with van der Waals surface area (Å²) >= 11 is 5.96. The lowest BCUT2D eigenvalue weighted by Gasteiger charge is -2.17. The average Bonchev–Trinajstić information content (AvgIpc) is 3.23. The highest BCUT2D eigenvalue weighted by molar-refractivity contribution is 6.30. The summed E-state index contributed by atoms with van der Waals surface area (Å²) in [7, 11) is 0. The number of benzene rings is 3. The first kappa shape index (κ1) is 21.2. The third-order valence-corrected chi connectivity index (χ3v) is 6.41. The van der Waals surface area contributed by atoms with Crippen molar-refractivity contribution >= 4 is 28.4 Å². The van der Waals surface area contributed by atoms with Crippen molar-refractivity contribution in [1.29, 1.82) is 0 Å².